The molecule has 1 aromatic carbocycles. The Kier molecular flexibility index (Phi) is 8.70. The van der Waals surface area contributed by atoms with Crippen LogP contribution in [0.2, 0.25) is 0 Å². The SMILES string of the molecule is CCOC(=O)/C(=N/O)C(=O)CCC(C)NC(=O)OCc1ccccc1. The molecule has 0 aliphatic heterocycles. The first-order chi connectivity index (χ1) is 12.0. The van der Waals surface area contributed by atoms with Crippen molar-refractivity contribution < 1.29 is 29.1 Å². The molecule has 1 amide bonds. The molecule has 25 heavy (non-hydrogen) atoms. The molecule has 1 atom stereocenters. The molecule has 1 rings (SSSR count). The highest BCUT2D eigenvalue weighted by Crippen LogP contribution is 2.03. The molecule has 136 valence electrons. The van der Waals surface area contributed by atoms with Crippen LogP contribution >= 0.6 is 0 Å². The minimum Gasteiger partial charge on any atom is -0.461 e. The third-order valence-corrected chi connectivity index (χ3v) is 3.21. The predicted octanol–water partition coefficient (Wildman–Crippen LogP) is 2.04. The van der Waals surface area contributed by atoms with Crippen molar-refractivity contribution in [3.8, 4) is 0 Å². The van der Waals surface area contributed by atoms with Gasteiger partial charge < -0.3 is 20.0 Å². The number of nitrogens with one attached hydrogen (secondary N) is 1. The summed E-state index contributed by atoms with van der Waals surface area (Å²) in [5.41, 5.74) is 0.208. The van der Waals surface area contributed by atoms with Crippen LogP contribution in [0.1, 0.15) is 32.3 Å². The maximum atomic E-state index is 11.9. The first kappa shape index (κ1) is 20.1. The van der Waals surface area contributed by atoms with Gasteiger partial charge in [0.1, 0.15) is 6.61 Å². The Hall–Kier alpha value is -2.90. The number of alkyl carbamates (subject to hydrolysis) is 1. The topological polar surface area (TPSA) is 114 Å². The molecule has 1 aromatic rings. The highest BCUT2D eigenvalue weighted by molar-refractivity contribution is 6.64. The molecule has 0 saturated carbocycles. The zero-order valence-electron chi connectivity index (χ0n) is 14.2. The number of rotatable bonds is 9. The summed E-state index contributed by atoms with van der Waals surface area (Å²) >= 11 is 0. The number of carbonyl (C=O) groups is 3. The fourth-order valence-electron chi connectivity index (χ4n) is 1.91. The lowest BCUT2D eigenvalue weighted by atomic mass is 10.1. The lowest BCUT2D eigenvalue weighted by Gasteiger charge is -2.13. The maximum absolute atomic E-state index is 11.9. The number of benzene rings is 1. The Balaban J connectivity index is 2.35. The summed E-state index contributed by atoms with van der Waals surface area (Å²) in [7, 11) is 0. The summed E-state index contributed by atoms with van der Waals surface area (Å²) in [6, 6.07) is 8.85. The molecule has 0 saturated heterocycles. The van der Waals surface area contributed by atoms with Crippen molar-refractivity contribution in [2.75, 3.05) is 6.61 Å². The Bertz CT molecular complexity index is 615. The van der Waals surface area contributed by atoms with Crippen LogP contribution in [-0.4, -0.2) is 41.4 Å². The van der Waals surface area contributed by atoms with Crippen molar-refractivity contribution in [1.29, 1.82) is 0 Å². The van der Waals surface area contributed by atoms with Crippen molar-refractivity contribution >= 4 is 23.6 Å². The third kappa shape index (κ3) is 7.47. The summed E-state index contributed by atoms with van der Waals surface area (Å²) in [4.78, 5) is 35.0. The van der Waals surface area contributed by atoms with E-state index < -0.39 is 23.6 Å². The van der Waals surface area contributed by atoms with Crippen molar-refractivity contribution in [2.45, 2.75) is 39.3 Å². The molecule has 8 nitrogen and oxygen atoms in total. The minimum absolute atomic E-state index is 0.0658. The number of oxime groups is 1. The van der Waals surface area contributed by atoms with Crippen LogP contribution in [0.3, 0.4) is 0 Å². The van der Waals surface area contributed by atoms with Crippen molar-refractivity contribution in [2.24, 2.45) is 5.16 Å². The quantitative estimate of drug-likeness (QED) is 0.232. The van der Waals surface area contributed by atoms with E-state index in [1.807, 2.05) is 30.3 Å². The number of Topliss-reactive ketones (excluding diaryl/α,β-unsaturated/α-hetero) is 1. The van der Waals surface area contributed by atoms with E-state index in [1.54, 1.807) is 13.8 Å². The molecule has 0 radical (unpaired) electrons. The maximum Gasteiger partial charge on any atom is 0.407 e. The molecular formula is C17H22N2O6. The van der Waals surface area contributed by atoms with E-state index in [0.717, 1.165) is 5.56 Å². The van der Waals surface area contributed by atoms with E-state index in [9.17, 15) is 14.4 Å². The number of carbonyl (C=O) groups excluding carboxylic acids is 3. The second-order valence-corrected chi connectivity index (χ2v) is 5.24. The largest absolute Gasteiger partial charge is 0.461 e. The molecule has 0 heterocycles. The second kappa shape index (κ2) is 10.8. The molecular weight excluding hydrogens is 328 g/mol. The van der Waals surface area contributed by atoms with E-state index in [1.165, 1.54) is 0 Å². The first-order valence-corrected chi connectivity index (χ1v) is 7.87. The number of nitrogens with zero attached hydrogens (tertiary/aromatic N) is 1. The standard InChI is InChI=1S/C17H22N2O6/c1-3-24-16(21)15(19-23)14(20)10-9-12(2)18-17(22)25-11-13-7-5-4-6-8-13/h4-8,12,23H,3,9-11H2,1-2H3,(H,18,22)/b19-15+. The summed E-state index contributed by atoms with van der Waals surface area (Å²) < 4.78 is 9.69. The summed E-state index contributed by atoms with van der Waals surface area (Å²) in [5, 5.41) is 14.0. The molecule has 0 aliphatic carbocycles. The fraction of sp³-hybridized carbons (Fsp3) is 0.412. The van der Waals surface area contributed by atoms with Gasteiger partial charge in [-0.2, -0.15) is 0 Å². The van der Waals surface area contributed by atoms with Crippen LogP contribution < -0.4 is 5.32 Å². The van der Waals surface area contributed by atoms with Crippen molar-refractivity contribution in [1.82, 2.24) is 5.32 Å². The zero-order chi connectivity index (χ0) is 18.7. The Morgan fingerprint density at radius 2 is 1.88 bits per heavy atom. The highest BCUT2D eigenvalue weighted by Gasteiger charge is 2.23. The minimum atomic E-state index is -0.974. The van der Waals surface area contributed by atoms with Gasteiger partial charge in [-0.3, -0.25) is 4.79 Å². The lowest BCUT2D eigenvalue weighted by molar-refractivity contribution is -0.136. The number of ether oxygens (including phenoxy) is 2. The van der Waals surface area contributed by atoms with E-state index in [-0.39, 0.29) is 32.1 Å². The van der Waals surface area contributed by atoms with Gasteiger partial charge in [0.15, 0.2) is 5.78 Å². The first-order valence-electron chi connectivity index (χ1n) is 7.87. The number of hydrogen-bond acceptors (Lipinski definition) is 7. The van der Waals surface area contributed by atoms with Gasteiger partial charge in [0, 0.05) is 12.5 Å². The van der Waals surface area contributed by atoms with Gasteiger partial charge >= 0.3 is 12.1 Å². The van der Waals surface area contributed by atoms with Gasteiger partial charge in [-0.1, -0.05) is 35.5 Å². The molecule has 0 aromatic heterocycles. The van der Waals surface area contributed by atoms with Crippen molar-refractivity contribution in [3.63, 3.8) is 0 Å². The van der Waals surface area contributed by atoms with Crippen LogP contribution in [0, 0.1) is 0 Å². The van der Waals surface area contributed by atoms with Crippen molar-refractivity contribution in [3.05, 3.63) is 35.9 Å². The summed E-state index contributed by atoms with van der Waals surface area (Å²) in [5.74, 6) is -1.63. The van der Waals surface area contributed by atoms with E-state index >= 15 is 0 Å². The summed E-state index contributed by atoms with van der Waals surface area (Å²) in [6.45, 7) is 3.47. The molecule has 8 heteroatoms. The second-order valence-electron chi connectivity index (χ2n) is 5.24. The van der Waals surface area contributed by atoms with E-state index in [4.69, 9.17) is 9.94 Å². The smallest absolute Gasteiger partial charge is 0.407 e. The Morgan fingerprint density at radius 3 is 2.48 bits per heavy atom. The highest BCUT2D eigenvalue weighted by atomic mass is 16.5. The molecule has 0 spiro atoms. The van der Waals surface area contributed by atoms with Gasteiger partial charge in [-0.05, 0) is 25.8 Å². The summed E-state index contributed by atoms with van der Waals surface area (Å²) in [6.07, 6.45) is -0.444. The average molecular weight is 350 g/mol. The third-order valence-electron chi connectivity index (χ3n) is 3.21. The molecule has 0 fully saturated rings. The molecule has 0 bridgehead atoms. The van der Waals surface area contributed by atoms with Gasteiger partial charge in [0.25, 0.3) is 0 Å². The monoisotopic (exact) mass is 350 g/mol. The van der Waals surface area contributed by atoms with E-state index in [0.29, 0.717) is 0 Å². The predicted molar refractivity (Wildman–Crippen MR) is 89.3 cm³/mol. The number of hydrogen-bond donors (Lipinski definition) is 2. The average Bonchev–Trinajstić information content (AvgIpc) is 2.60. The van der Waals surface area contributed by atoms with Crippen LogP contribution in [0.25, 0.3) is 0 Å². The van der Waals surface area contributed by atoms with Crippen LogP contribution in [0.5, 0.6) is 0 Å². The number of ketones is 1. The van der Waals surface area contributed by atoms with Gasteiger partial charge in [-0.15, -0.1) is 0 Å². The van der Waals surface area contributed by atoms with Gasteiger partial charge in [0.2, 0.25) is 5.71 Å². The van der Waals surface area contributed by atoms with Crippen LogP contribution in [0.4, 0.5) is 4.79 Å². The Morgan fingerprint density at radius 1 is 1.20 bits per heavy atom. The lowest BCUT2D eigenvalue weighted by Crippen LogP contribution is -2.34. The van der Waals surface area contributed by atoms with Crippen LogP contribution in [-0.2, 0) is 25.7 Å². The van der Waals surface area contributed by atoms with Crippen LogP contribution in [0.15, 0.2) is 35.5 Å². The van der Waals surface area contributed by atoms with Gasteiger partial charge in [-0.25, -0.2) is 9.59 Å². The molecule has 1 unspecified atom stereocenters. The number of esters is 1. The normalized spacial score (nSPS) is 12.2. The fourth-order valence-corrected chi connectivity index (χ4v) is 1.91. The zero-order valence-corrected chi connectivity index (χ0v) is 14.2. The molecule has 0 aliphatic rings. The number of amides is 1. The molecule has 2 N–H and O–H groups in total. The van der Waals surface area contributed by atoms with Gasteiger partial charge in [0.05, 0.1) is 6.61 Å². The van der Waals surface area contributed by atoms with E-state index in [2.05, 4.69) is 15.2 Å². The Labute approximate surface area is 145 Å².